The van der Waals surface area contributed by atoms with Crippen LogP contribution in [0, 0.1) is 0 Å². The maximum atomic E-state index is 11.2. The van der Waals surface area contributed by atoms with Crippen molar-refractivity contribution in [1.29, 1.82) is 0 Å². The quantitative estimate of drug-likeness (QED) is 0.461. The van der Waals surface area contributed by atoms with E-state index in [1.807, 2.05) is 6.92 Å². The minimum absolute atomic E-state index is 0.0162. The van der Waals surface area contributed by atoms with Crippen LogP contribution in [0.5, 0.6) is 0 Å². The molecule has 0 aliphatic carbocycles. The van der Waals surface area contributed by atoms with Gasteiger partial charge in [0.1, 0.15) is 0 Å². The highest BCUT2D eigenvalue weighted by molar-refractivity contribution is 5.75. The van der Waals surface area contributed by atoms with Crippen LogP contribution in [-0.4, -0.2) is 43.4 Å². The molecule has 1 amide bonds. The van der Waals surface area contributed by atoms with Gasteiger partial charge < -0.3 is 20.9 Å². The Bertz CT molecular complexity index is 163. The summed E-state index contributed by atoms with van der Waals surface area (Å²) < 4.78 is 4.99. The Morgan fingerprint density at radius 2 is 2.27 bits per heavy atom. The lowest BCUT2D eigenvalue weighted by molar-refractivity contribution is -0.121. The van der Waals surface area contributed by atoms with Crippen molar-refractivity contribution >= 4 is 5.91 Å². The second-order valence-corrected chi connectivity index (χ2v) is 3.56. The van der Waals surface area contributed by atoms with Gasteiger partial charge in [0, 0.05) is 19.0 Å². The number of rotatable bonds is 9. The first kappa shape index (κ1) is 14.3. The molecule has 5 heteroatoms. The summed E-state index contributed by atoms with van der Waals surface area (Å²) >= 11 is 0. The Labute approximate surface area is 91.0 Å². The fourth-order valence-corrected chi connectivity index (χ4v) is 1.10. The first-order valence-corrected chi connectivity index (χ1v) is 5.37. The molecule has 0 saturated carbocycles. The summed E-state index contributed by atoms with van der Waals surface area (Å²) in [6.07, 6.45) is 2.21. The molecule has 1 unspecified atom stereocenters. The average Bonchev–Trinajstić information content (AvgIpc) is 2.17. The Kier molecular flexibility index (Phi) is 9.46. The molecule has 0 bridgehead atoms. The number of ether oxygens (including phenoxy) is 1. The zero-order valence-electron chi connectivity index (χ0n) is 9.37. The van der Waals surface area contributed by atoms with Crippen LogP contribution in [-0.2, 0) is 9.53 Å². The van der Waals surface area contributed by atoms with Gasteiger partial charge in [0.25, 0.3) is 0 Å². The summed E-state index contributed by atoms with van der Waals surface area (Å²) in [6.45, 7) is 3.21. The van der Waals surface area contributed by atoms with Crippen molar-refractivity contribution in [1.82, 2.24) is 5.32 Å². The van der Waals surface area contributed by atoms with Crippen molar-refractivity contribution in [2.75, 3.05) is 26.4 Å². The van der Waals surface area contributed by atoms with Gasteiger partial charge in [-0.25, -0.2) is 0 Å². The minimum Gasteiger partial charge on any atom is -0.394 e. The van der Waals surface area contributed by atoms with E-state index >= 15 is 0 Å². The van der Waals surface area contributed by atoms with Gasteiger partial charge in [0.15, 0.2) is 0 Å². The van der Waals surface area contributed by atoms with E-state index in [0.29, 0.717) is 26.2 Å². The lowest BCUT2D eigenvalue weighted by Crippen LogP contribution is -2.27. The van der Waals surface area contributed by atoms with E-state index in [-0.39, 0.29) is 18.6 Å². The van der Waals surface area contributed by atoms with Crippen LogP contribution in [0.2, 0.25) is 0 Å². The van der Waals surface area contributed by atoms with Gasteiger partial charge in [-0.15, -0.1) is 0 Å². The lowest BCUT2D eigenvalue weighted by atomic mass is 10.1. The molecule has 0 aromatic carbocycles. The van der Waals surface area contributed by atoms with Gasteiger partial charge in [-0.2, -0.15) is 0 Å². The fraction of sp³-hybridized carbons (Fsp3) is 0.900. The zero-order chi connectivity index (χ0) is 11.5. The minimum atomic E-state index is 0.0162. The molecule has 0 aliphatic rings. The summed E-state index contributed by atoms with van der Waals surface area (Å²) in [7, 11) is 0. The molecule has 0 aliphatic heterocycles. The molecule has 0 radical (unpaired) electrons. The summed E-state index contributed by atoms with van der Waals surface area (Å²) in [5.41, 5.74) is 5.56. The van der Waals surface area contributed by atoms with Gasteiger partial charge in [-0.05, 0) is 19.8 Å². The van der Waals surface area contributed by atoms with E-state index < -0.39 is 0 Å². The molecule has 0 rings (SSSR count). The molecule has 0 aromatic heterocycles. The van der Waals surface area contributed by atoms with Crippen LogP contribution in [0.4, 0.5) is 0 Å². The Hall–Kier alpha value is -0.650. The number of nitrogens with two attached hydrogens (primary N) is 1. The number of amides is 1. The van der Waals surface area contributed by atoms with Crippen LogP contribution >= 0.6 is 0 Å². The largest absolute Gasteiger partial charge is 0.394 e. The van der Waals surface area contributed by atoms with Gasteiger partial charge in [0.05, 0.1) is 19.8 Å². The number of carbonyl (C=O) groups excluding carboxylic acids is 1. The molecule has 0 fully saturated rings. The summed E-state index contributed by atoms with van der Waals surface area (Å²) in [4.78, 5) is 11.2. The molecule has 0 heterocycles. The summed E-state index contributed by atoms with van der Waals surface area (Å²) in [5, 5.41) is 11.1. The first-order chi connectivity index (χ1) is 7.16. The third-order valence-corrected chi connectivity index (χ3v) is 1.87. The molecule has 4 N–H and O–H groups in total. The van der Waals surface area contributed by atoms with Crippen LogP contribution < -0.4 is 11.1 Å². The molecule has 0 saturated heterocycles. The van der Waals surface area contributed by atoms with Crippen LogP contribution in [0.1, 0.15) is 26.2 Å². The number of aliphatic hydroxyl groups excluding tert-OH is 1. The zero-order valence-corrected chi connectivity index (χ0v) is 9.37. The maximum absolute atomic E-state index is 11.2. The van der Waals surface area contributed by atoms with Crippen molar-refractivity contribution in [3.63, 3.8) is 0 Å². The van der Waals surface area contributed by atoms with Crippen molar-refractivity contribution in [3.8, 4) is 0 Å². The first-order valence-electron chi connectivity index (χ1n) is 5.37. The Morgan fingerprint density at radius 3 is 2.87 bits per heavy atom. The number of carbonyl (C=O) groups is 1. The van der Waals surface area contributed by atoms with E-state index in [2.05, 4.69) is 5.32 Å². The van der Waals surface area contributed by atoms with E-state index in [0.717, 1.165) is 12.8 Å². The van der Waals surface area contributed by atoms with Gasteiger partial charge in [-0.1, -0.05) is 0 Å². The van der Waals surface area contributed by atoms with Crippen LogP contribution in [0.15, 0.2) is 0 Å². The third kappa shape index (κ3) is 11.3. The lowest BCUT2D eigenvalue weighted by Gasteiger charge is -2.06. The fourth-order valence-electron chi connectivity index (χ4n) is 1.10. The van der Waals surface area contributed by atoms with Crippen molar-refractivity contribution in [3.05, 3.63) is 0 Å². The van der Waals surface area contributed by atoms with E-state index in [1.54, 1.807) is 0 Å². The summed E-state index contributed by atoms with van der Waals surface area (Å²) in [5.74, 6) is 0.0308. The molecule has 0 spiro atoms. The topological polar surface area (TPSA) is 84.6 Å². The van der Waals surface area contributed by atoms with Gasteiger partial charge >= 0.3 is 0 Å². The monoisotopic (exact) mass is 218 g/mol. The molecule has 0 aromatic rings. The van der Waals surface area contributed by atoms with Crippen molar-refractivity contribution in [2.45, 2.75) is 32.2 Å². The average molecular weight is 218 g/mol. The van der Waals surface area contributed by atoms with Crippen LogP contribution in [0.3, 0.4) is 0 Å². The maximum Gasteiger partial charge on any atom is 0.220 e. The van der Waals surface area contributed by atoms with E-state index in [1.165, 1.54) is 0 Å². The number of nitrogens with one attached hydrogen (secondary N) is 1. The van der Waals surface area contributed by atoms with Crippen molar-refractivity contribution < 1.29 is 14.6 Å². The number of hydrogen-bond acceptors (Lipinski definition) is 4. The molecule has 90 valence electrons. The molecular formula is C10H22N2O3. The predicted molar refractivity (Wildman–Crippen MR) is 58.4 cm³/mol. The molecule has 15 heavy (non-hydrogen) atoms. The van der Waals surface area contributed by atoms with Gasteiger partial charge in [0.2, 0.25) is 5.91 Å². The van der Waals surface area contributed by atoms with Gasteiger partial charge in [-0.3, -0.25) is 4.79 Å². The Balaban J connectivity index is 3.19. The van der Waals surface area contributed by atoms with E-state index in [4.69, 9.17) is 15.6 Å². The normalized spacial score (nSPS) is 12.5. The smallest absolute Gasteiger partial charge is 0.220 e. The third-order valence-electron chi connectivity index (χ3n) is 1.87. The molecule has 5 nitrogen and oxygen atoms in total. The second kappa shape index (κ2) is 9.89. The Morgan fingerprint density at radius 1 is 1.53 bits per heavy atom. The molecule has 1 atom stereocenters. The highest BCUT2D eigenvalue weighted by Gasteiger charge is 2.01. The molecular weight excluding hydrogens is 196 g/mol. The second-order valence-electron chi connectivity index (χ2n) is 3.56. The highest BCUT2D eigenvalue weighted by atomic mass is 16.5. The number of aliphatic hydroxyl groups is 1. The van der Waals surface area contributed by atoms with Crippen LogP contribution in [0.25, 0.3) is 0 Å². The summed E-state index contributed by atoms with van der Waals surface area (Å²) in [6, 6.07) is 0.158. The SMILES string of the molecule is CC(N)CCCC(=O)NCCOCCO. The van der Waals surface area contributed by atoms with E-state index in [9.17, 15) is 4.79 Å². The number of hydrogen-bond donors (Lipinski definition) is 3. The predicted octanol–water partition coefficient (Wildman–Crippen LogP) is -0.371. The standard InChI is InChI=1S/C10H22N2O3/c1-9(11)3-2-4-10(14)12-5-7-15-8-6-13/h9,13H,2-8,11H2,1H3,(H,12,14). The highest BCUT2D eigenvalue weighted by Crippen LogP contribution is 1.97. The van der Waals surface area contributed by atoms with Crippen molar-refractivity contribution in [2.24, 2.45) is 5.73 Å².